The molecule has 0 atom stereocenters. The van der Waals surface area contributed by atoms with Crippen LogP contribution < -0.4 is 15.5 Å². The van der Waals surface area contributed by atoms with E-state index in [1.807, 2.05) is 46.1 Å². The lowest BCUT2D eigenvalue weighted by molar-refractivity contribution is -0.117. The van der Waals surface area contributed by atoms with E-state index in [-0.39, 0.29) is 29.9 Å². The highest BCUT2D eigenvalue weighted by atomic mass is 127. The second-order valence-corrected chi connectivity index (χ2v) is 7.21. The Labute approximate surface area is 199 Å². The van der Waals surface area contributed by atoms with Crippen LogP contribution in [-0.4, -0.2) is 35.2 Å². The highest BCUT2D eigenvalue weighted by Crippen LogP contribution is 2.21. The number of aromatic nitrogens is 2. The molecule has 0 radical (unpaired) electrons. The molecule has 8 heteroatoms. The summed E-state index contributed by atoms with van der Waals surface area (Å²) in [6.45, 7) is 2.15. The van der Waals surface area contributed by atoms with Crippen molar-refractivity contribution in [3.8, 4) is 5.69 Å². The molecule has 3 aromatic rings. The van der Waals surface area contributed by atoms with Crippen LogP contribution >= 0.6 is 24.0 Å². The van der Waals surface area contributed by atoms with Gasteiger partial charge >= 0.3 is 0 Å². The van der Waals surface area contributed by atoms with Crippen LogP contribution in [-0.2, 0) is 17.9 Å². The molecule has 1 aromatic heterocycles. The summed E-state index contributed by atoms with van der Waals surface area (Å²) in [5.41, 5.74) is 4.30. The largest absolute Gasteiger partial charge is 0.352 e. The van der Waals surface area contributed by atoms with Crippen LogP contribution in [0.2, 0.25) is 0 Å². The molecule has 0 unspecified atom stereocenters. The average Bonchev–Trinajstić information content (AvgIpc) is 3.47. The normalized spacial score (nSPS) is 13.8. The molecular weight excluding hydrogens is 503 g/mol. The molecule has 0 bridgehead atoms. The molecule has 0 spiro atoms. The third-order valence-electron chi connectivity index (χ3n) is 5.17. The Kier molecular flexibility index (Phi) is 8.05. The molecule has 31 heavy (non-hydrogen) atoms. The lowest BCUT2D eigenvalue weighted by Crippen LogP contribution is -2.36. The number of halogens is 1. The number of carbonyl (C=O) groups excluding carboxylic acids is 1. The van der Waals surface area contributed by atoms with Crippen molar-refractivity contribution in [3.05, 3.63) is 78.1 Å². The van der Waals surface area contributed by atoms with E-state index in [1.54, 1.807) is 13.2 Å². The van der Waals surface area contributed by atoms with Gasteiger partial charge in [-0.05, 0) is 47.9 Å². The number of hydrogen-bond donors (Lipinski definition) is 2. The minimum atomic E-state index is 0. The van der Waals surface area contributed by atoms with E-state index < -0.39 is 0 Å². The molecule has 162 valence electrons. The molecule has 0 saturated carbocycles. The zero-order chi connectivity index (χ0) is 20.8. The quantitative estimate of drug-likeness (QED) is 0.291. The van der Waals surface area contributed by atoms with Crippen molar-refractivity contribution in [2.75, 3.05) is 18.5 Å². The summed E-state index contributed by atoms with van der Waals surface area (Å²) in [7, 11) is 1.76. The maximum absolute atomic E-state index is 11.9. The van der Waals surface area contributed by atoms with E-state index in [0.29, 0.717) is 19.5 Å². The first-order valence-electron chi connectivity index (χ1n) is 10.2. The fraction of sp³-hybridized carbons (Fsp3) is 0.261. The second-order valence-electron chi connectivity index (χ2n) is 7.21. The van der Waals surface area contributed by atoms with Crippen molar-refractivity contribution in [1.82, 2.24) is 20.4 Å². The molecule has 1 saturated heterocycles. The fourth-order valence-electron chi connectivity index (χ4n) is 3.50. The highest BCUT2D eigenvalue weighted by Gasteiger charge is 2.21. The number of aliphatic imine (C=N–C) groups is 1. The van der Waals surface area contributed by atoms with Crippen molar-refractivity contribution in [2.24, 2.45) is 4.99 Å². The molecule has 1 aliphatic heterocycles. The van der Waals surface area contributed by atoms with Gasteiger partial charge in [0.1, 0.15) is 0 Å². The summed E-state index contributed by atoms with van der Waals surface area (Å²) in [6, 6.07) is 18.3. The summed E-state index contributed by atoms with van der Waals surface area (Å²) >= 11 is 0. The first-order chi connectivity index (χ1) is 14.7. The van der Waals surface area contributed by atoms with Crippen LogP contribution in [0.3, 0.4) is 0 Å². The van der Waals surface area contributed by atoms with Crippen LogP contribution in [0.4, 0.5) is 5.69 Å². The molecule has 2 heterocycles. The Balaban J connectivity index is 0.00000272. The first-order valence-corrected chi connectivity index (χ1v) is 10.2. The van der Waals surface area contributed by atoms with Crippen LogP contribution in [0.1, 0.15) is 24.0 Å². The molecule has 2 N–H and O–H groups in total. The minimum Gasteiger partial charge on any atom is -0.352 e. The predicted molar refractivity (Wildman–Crippen MR) is 134 cm³/mol. The molecule has 2 aromatic carbocycles. The maximum atomic E-state index is 11.9. The van der Waals surface area contributed by atoms with Gasteiger partial charge in [0.2, 0.25) is 5.91 Å². The fourth-order valence-corrected chi connectivity index (χ4v) is 3.50. The zero-order valence-corrected chi connectivity index (χ0v) is 19.8. The average molecular weight is 530 g/mol. The molecule has 7 nitrogen and oxygen atoms in total. The van der Waals surface area contributed by atoms with Gasteiger partial charge in [-0.15, -0.1) is 24.0 Å². The second kappa shape index (κ2) is 10.9. The van der Waals surface area contributed by atoms with Gasteiger partial charge in [0.15, 0.2) is 5.96 Å². The number of nitrogens with zero attached hydrogens (tertiary/aromatic N) is 4. The van der Waals surface area contributed by atoms with Gasteiger partial charge in [-0.1, -0.05) is 24.3 Å². The molecule has 1 fully saturated rings. The third-order valence-corrected chi connectivity index (χ3v) is 5.17. The van der Waals surface area contributed by atoms with E-state index in [0.717, 1.165) is 41.4 Å². The smallest absolute Gasteiger partial charge is 0.227 e. The zero-order valence-electron chi connectivity index (χ0n) is 17.5. The number of anilines is 1. The van der Waals surface area contributed by atoms with Crippen LogP contribution in [0.15, 0.2) is 72.0 Å². The van der Waals surface area contributed by atoms with Gasteiger partial charge in [0.05, 0.1) is 5.69 Å². The number of carbonyl (C=O) groups is 1. The maximum Gasteiger partial charge on any atom is 0.227 e. The van der Waals surface area contributed by atoms with Crippen LogP contribution in [0.25, 0.3) is 5.69 Å². The Hall–Kier alpha value is -2.88. The van der Waals surface area contributed by atoms with Crippen LogP contribution in [0, 0.1) is 0 Å². The summed E-state index contributed by atoms with van der Waals surface area (Å²) in [6.07, 6.45) is 5.28. The molecule has 1 amide bonds. The number of guanidine groups is 1. The van der Waals surface area contributed by atoms with Gasteiger partial charge in [-0.3, -0.25) is 9.79 Å². The third kappa shape index (κ3) is 5.84. The monoisotopic (exact) mass is 530 g/mol. The number of amides is 1. The van der Waals surface area contributed by atoms with E-state index in [9.17, 15) is 4.79 Å². The summed E-state index contributed by atoms with van der Waals surface area (Å²) in [5, 5.41) is 10.9. The van der Waals surface area contributed by atoms with Gasteiger partial charge in [0.25, 0.3) is 0 Å². The number of rotatable bonds is 6. The Bertz CT molecular complexity index is 1000. The Morgan fingerprint density at radius 2 is 1.61 bits per heavy atom. The lowest BCUT2D eigenvalue weighted by atomic mass is 10.2. The molecule has 0 aliphatic carbocycles. The van der Waals surface area contributed by atoms with Crippen molar-refractivity contribution < 1.29 is 4.79 Å². The summed E-state index contributed by atoms with van der Waals surface area (Å²) in [5.74, 6) is 0.952. The predicted octanol–water partition coefficient (Wildman–Crippen LogP) is 3.48. The van der Waals surface area contributed by atoms with Crippen LogP contribution in [0.5, 0.6) is 0 Å². The Morgan fingerprint density at radius 3 is 2.10 bits per heavy atom. The number of nitrogens with one attached hydrogen (secondary N) is 2. The molecule has 1 aliphatic rings. The molecular formula is C23H27IN6O. The van der Waals surface area contributed by atoms with E-state index in [4.69, 9.17) is 0 Å². The Morgan fingerprint density at radius 1 is 1.00 bits per heavy atom. The van der Waals surface area contributed by atoms with Gasteiger partial charge in [0, 0.05) is 51.2 Å². The highest BCUT2D eigenvalue weighted by molar-refractivity contribution is 14.0. The number of hydrogen-bond acceptors (Lipinski definition) is 3. The summed E-state index contributed by atoms with van der Waals surface area (Å²) in [4.78, 5) is 18.0. The topological polar surface area (TPSA) is 74.6 Å². The van der Waals surface area contributed by atoms with E-state index in [2.05, 4.69) is 45.0 Å². The van der Waals surface area contributed by atoms with Gasteiger partial charge in [-0.2, -0.15) is 5.10 Å². The van der Waals surface area contributed by atoms with Crippen molar-refractivity contribution >= 4 is 41.5 Å². The first kappa shape index (κ1) is 22.8. The van der Waals surface area contributed by atoms with Crippen molar-refractivity contribution in [3.63, 3.8) is 0 Å². The van der Waals surface area contributed by atoms with Gasteiger partial charge < -0.3 is 15.5 Å². The standard InChI is InChI=1S/C23H26N6O.HI/c1-24-23(26-17-19-7-11-21(12-8-19)29-15-3-13-27-29)25-16-18-5-9-20(10-6-18)28-14-2-4-22(28)30;/h3,5-13,15H,2,4,14,16-17H2,1H3,(H2,24,25,26);1H. The van der Waals surface area contributed by atoms with Crippen molar-refractivity contribution in [2.45, 2.75) is 25.9 Å². The SMILES string of the molecule is CN=C(NCc1ccc(N2CCCC2=O)cc1)NCc1ccc(-n2cccn2)cc1.I. The minimum absolute atomic E-state index is 0. The van der Waals surface area contributed by atoms with Gasteiger partial charge in [-0.25, -0.2) is 4.68 Å². The van der Waals surface area contributed by atoms with E-state index in [1.165, 1.54) is 0 Å². The number of benzene rings is 2. The lowest BCUT2D eigenvalue weighted by Gasteiger charge is -2.16. The molecule has 4 rings (SSSR count). The van der Waals surface area contributed by atoms with E-state index >= 15 is 0 Å². The summed E-state index contributed by atoms with van der Waals surface area (Å²) < 4.78 is 1.84. The van der Waals surface area contributed by atoms with Crippen molar-refractivity contribution in [1.29, 1.82) is 0 Å².